The Kier molecular flexibility index (Phi) is 15.0. The molecule has 0 saturated carbocycles. The van der Waals surface area contributed by atoms with Crippen LogP contribution in [0.25, 0.3) is 66.3 Å². The third-order valence-corrected chi connectivity index (χ3v) is 9.06. The second-order valence-corrected chi connectivity index (χ2v) is 19.7. The van der Waals surface area contributed by atoms with E-state index in [9.17, 15) is 18.9 Å². The number of pyridine rings is 2. The van der Waals surface area contributed by atoms with E-state index in [0.717, 1.165) is 33.0 Å². The lowest BCUT2D eigenvalue weighted by atomic mass is 9.97. The molecule has 0 radical (unpaired) electrons. The summed E-state index contributed by atoms with van der Waals surface area (Å²) in [6, 6.07) is 34.6. The van der Waals surface area contributed by atoms with E-state index < -0.39 is 17.1 Å². The fourth-order valence-corrected chi connectivity index (χ4v) is 6.57. The third kappa shape index (κ3) is 11.2. The molecule has 8 rings (SSSR count). The van der Waals surface area contributed by atoms with E-state index in [2.05, 4.69) is 64.1 Å². The van der Waals surface area contributed by atoms with Crippen molar-refractivity contribution in [3.63, 3.8) is 0 Å². The second-order valence-electron chi connectivity index (χ2n) is 12.7. The number of nitrogens with zero attached hydrogens (tertiary/aromatic N) is 5. The Morgan fingerprint density at radius 3 is 1.56 bits per heavy atom. The zero-order valence-corrected chi connectivity index (χ0v) is 36.2. The smallest absolute Gasteiger partial charge is 0.339 e. The minimum atomic E-state index is -3.22. The molecule has 0 unspecified atom stereocenters. The normalized spacial score (nSPS) is 10.9. The van der Waals surface area contributed by atoms with Crippen molar-refractivity contribution < 1.29 is 23.6 Å². The van der Waals surface area contributed by atoms with E-state index >= 15 is 0 Å². The van der Waals surface area contributed by atoms with Crippen molar-refractivity contribution in [1.82, 2.24) is 30.4 Å². The van der Waals surface area contributed by atoms with Crippen molar-refractivity contribution >= 4 is 84.0 Å². The Labute approximate surface area is 368 Å². The van der Waals surface area contributed by atoms with Crippen molar-refractivity contribution in [1.29, 1.82) is 0 Å². The number of halogens is 4. The molecule has 4 aromatic heterocycles. The van der Waals surface area contributed by atoms with Gasteiger partial charge in [-0.1, -0.05) is 109 Å². The fourth-order valence-electron chi connectivity index (χ4n) is 6.33. The van der Waals surface area contributed by atoms with Gasteiger partial charge in [0, 0.05) is 52.1 Å². The number of H-pyrrole nitrogens is 1. The van der Waals surface area contributed by atoms with E-state index in [4.69, 9.17) is 21.1 Å². The molecule has 12 nitrogen and oxygen atoms in total. The first-order valence-electron chi connectivity index (χ1n) is 18.4. The monoisotopic (exact) mass is 912 g/mol. The molecular formula is C44H33Cl4N6O6P. The van der Waals surface area contributed by atoms with Gasteiger partial charge >= 0.3 is 17.1 Å². The maximum atomic E-state index is 12.6. The molecule has 4 heterocycles. The van der Waals surface area contributed by atoms with Gasteiger partial charge in [-0.3, -0.25) is 19.3 Å². The highest BCUT2D eigenvalue weighted by Crippen LogP contribution is 2.61. The van der Waals surface area contributed by atoms with E-state index in [-0.39, 0.29) is 12.2 Å². The molecule has 0 spiro atoms. The van der Waals surface area contributed by atoms with Gasteiger partial charge in [0.25, 0.3) is 5.56 Å². The highest BCUT2D eigenvalue weighted by molar-refractivity contribution is 8.24. The van der Waals surface area contributed by atoms with Gasteiger partial charge in [-0.25, -0.2) is 14.7 Å². The standard InChI is InChI=1S/C22H16ClN3O2.C22H17N3O3.Cl3OP/c1-2-28-22(27)16-11-15(12-24-13-16)20-18-10-6-9-17(14-7-4-3-5-8-14)19(18)21(23)26-25-20;1-2-28-22(27)16-11-15(12-23-13-16)20-18-10-6-9-17(14-7-4-3-5-8-14)19(18)21(26)25-24-20;1-5(2,3)4/h3-13H,2H2,1H3;3-13H,2H2,1H3,(H,25,26);. The van der Waals surface area contributed by atoms with Gasteiger partial charge in [-0.15, -0.1) is 10.2 Å². The van der Waals surface area contributed by atoms with Crippen LogP contribution < -0.4 is 5.56 Å². The van der Waals surface area contributed by atoms with Crippen LogP contribution in [-0.4, -0.2) is 55.5 Å². The van der Waals surface area contributed by atoms with Gasteiger partial charge in [-0.05, 0) is 82.0 Å². The number of nitrogens with one attached hydrogen (secondary N) is 1. The number of rotatable bonds is 8. The Bertz CT molecular complexity index is 2950. The van der Waals surface area contributed by atoms with Gasteiger partial charge < -0.3 is 9.47 Å². The number of hydrogen-bond donors (Lipinski definition) is 1. The van der Waals surface area contributed by atoms with Gasteiger partial charge in [-0.2, -0.15) is 5.10 Å². The van der Waals surface area contributed by atoms with Crippen LogP contribution in [0, 0.1) is 0 Å². The van der Waals surface area contributed by atoms with Crippen LogP contribution >= 0.6 is 50.5 Å². The van der Waals surface area contributed by atoms with Crippen molar-refractivity contribution in [2.45, 2.75) is 13.8 Å². The predicted molar refractivity (Wildman–Crippen MR) is 241 cm³/mol. The van der Waals surface area contributed by atoms with Gasteiger partial charge in [0.2, 0.25) is 0 Å². The first kappa shape index (κ1) is 44.5. The summed E-state index contributed by atoms with van der Waals surface area (Å²) < 4.78 is 19.6. The molecule has 4 aromatic carbocycles. The summed E-state index contributed by atoms with van der Waals surface area (Å²) in [5.74, 6) is -0.872. The van der Waals surface area contributed by atoms with Crippen LogP contribution in [0.3, 0.4) is 0 Å². The van der Waals surface area contributed by atoms with E-state index in [0.29, 0.717) is 56.2 Å². The molecule has 0 aliphatic carbocycles. The largest absolute Gasteiger partial charge is 0.462 e. The topological polar surface area (TPSA) is 167 Å². The van der Waals surface area contributed by atoms with Gasteiger partial charge in [0.1, 0.15) is 11.4 Å². The second kappa shape index (κ2) is 20.5. The number of carbonyl (C=O) groups excluding carboxylic acids is 2. The molecule has 0 saturated heterocycles. The molecule has 8 aromatic rings. The number of ether oxygens (including phenoxy) is 2. The molecule has 0 fully saturated rings. The lowest BCUT2D eigenvalue weighted by Gasteiger charge is -2.11. The zero-order valence-electron chi connectivity index (χ0n) is 32.3. The predicted octanol–water partition coefficient (Wildman–Crippen LogP) is 11.8. The average molecular weight is 915 g/mol. The zero-order chi connectivity index (χ0) is 43.5. The van der Waals surface area contributed by atoms with Crippen LogP contribution in [-0.2, 0) is 14.0 Å². The number of aromatic nitrogens is 6. The first-order valence-corrected chi connectivity index (χ1v) is 23.2. The number of esters is 2. The summed E-state index contributed by atoms with van der Waals surface area (Å²) in [6.07, 6.45) is 6.18. The lowest BCUT2D eigenvalue weighted by Crippen LogP contribution is -2.11. The quantitative estimate of drug-likeness (QED) is 0.114. The molecule has 1 N–H and O–H groups in total. The molecule has 61 heavy (non-hydrogen) atoms. The summed E-state index contributed by atoms with van der Waals surface area (Å²) in [7, 11) is 0. The van der Waals surface area contributed by atoms with E-state index in [1.165, 1.54) is 12.4 Å². The molecule has 17 heteroatoms. The molecule has 0 amide bonds. The summed E-state index contributed by atoms with van der Waals surface area (Å²) >= 11 is 20.3. The van der Waals surface area contributed by atoms with Crippen LogP contribution in [0.1, 0.15) is 34.6 Å². The van der Waals surface area contributed by atoms with Gasteiger partial charge in [0.05, 0.1) is 29.7 Å². The number of carbonyl (C=O) groups is 2. The molecule has 0 aliphatic heterocycles. The molecule has 0 atom stereocenters. The van der Waals surface area contributed by atoms with Crippen molar-refractivity contribution in [3.8, 4) is 44.8 Å². The minimum absolute atomic E-state index is 0.271. The van der Waals surface area contributed by atoms with Crippen LogP contribution in [0.15, 0.2) is 139 Å². The van der Waals surface area contributed by atoms with Crippen molar-refractivity contribution in [2.24, 2.45) is 0 Å². The fraction of sp³-hybridized carbons (Fsp3) is 0.0909. The maximum absolute atomic E-state index is 12.6. The number of hydrogen-bond acceptors (Lipinski definition) is 11. The Morgan fingerprint density at radius 1 is 0.607 bits per heavy atom. The van der Waals surface area contributed by atoms with E-state index in [1.807, 2.05) is 97.1 Å². The molecular weight excluding hydrogens is 881 g/mol. The number of fused-ring (bicyclic) bond motifs is 2. The Balaban J connectivity index is 0.000000184. The van der Waals surface area contributed by atoms with Crippen molar-refractivity contribution in [3.05, 3.63) is 161 Å². The van der Waals surface area contributed by atoms with E-state index in [1.54, 1.807) is 38.4 Å². The van der Waals surface area contributed by atoms with Crippen LogP contribution in [0.5, 0.6) is 0 Å². The SMILES string of the molecule is CCOC(=O)c1cncc(-c2n[nH]c(=O)c3c(-c4ccccc4)cccc23)c1.CCOC(=O)c1cncc(-c2nnc(Cl)c3c(-c4ccccc4)cccc23)c1.O=P(Cl)(Cl)Cl. The lowest BCUT2D eigenvalue weighted by molar-refractivity contribution is 0.0516. The minimum Gasteiger partial charge on any atom is -0.462 e. The molecule has 0 bridgehead atoms. The molecule has 308 valence electrons. The summed E-state index contributed by atoms with van der Waals surface area (Å²) in [6.45, 7) is 4.09. The van der Waals surface area contributed by atoms with Crippen LogP contribution in [0.2, 0.25) is 5.15 Å². The maximum Gasteiger partial charge on any atom is 0.339 e. The van der Waals surface area contributed by atoms with Crippen LogP contribution in [0.4, 0.5) is 0 Å². The van der Waals surface area contributed by atoms with Crippen molar-refractivity contribution in [2.75, 3.05) is 13.2 Å². The van der Waals surface area contributed by atoms with Gasteiger partial charge in [0.15, 0.2) is 5.15 Å². The summed E-state index contributed by atoms with van der Waals surface area (Å²) in [4.78, 5) is 45.0. The number of aromatic amines is 1. The highest BCUT2D eigenvalue weighted by Gasteiger charge is 2.18. The number of benzene rings is 4. The Hall–Kier alpha value is -6.01. The first-order chi connectivity index (χ1) is 29.4. The molecule has 0 aliphatic rings. The highest BCUT2D eigenvalue weighted by atomic mass is 36.0. The Morgan fingerprint density at radius 2 is 1.07 bits per heavy atom. The summed E-state index contributed by atoms with van der Waals surface area (Å²) in [5, 5.41) is 15.2. The third-order valence-electron chi connectivity index (χ3n) is 8.79. The average Bonchev–Trinajstić information content (AvgIpc) is 3.27. The summed E-state index contributed by atoms with van der Waals surface area (Å²) in [5.41, 5.74) is 6.63.